The van der Waals surface area contributed by atoms with Gasteiger partial charge in [0, 0.05) is 0 Å². The van der Waals surface area contributed by atoms with Crippen LogP contribution in [0.25, 0.3) is 0 Å². The molecule has 1 amide bonds. The Labute approximate surface area is 101 Å². The molecule has 0 aromatic carbocycles. The van der Waals surface area contributed by atoms with E-state index in [1.165, 1.54) is 5.32 Å². The molecule has 0 saturated carbocycles. The highest BCUT2D eigenvalue weighted by molar-refractivity contribution is 7.92. The molecule has 106 valence electrons. The van der Waals surface area contributed by atoms with Crippen molar-refractivity contribution in [3.05, 3.63) is 0 Å². The molecule has 0 aromatic rings. The normalized spacial score (nSPS) is 14.0. The number of alkyl halides is 3. The number of nitrogens with one attached hydrogen (secondary N) is 1. The van der Waals surface area contributed by atoms with Crippen molar-refractivity contribution in [2.45, 2.75) is 24.8 Å². The molecule has 0 radical (unpaired) electrons. The zero-order valence-electron chi connectivity index (χ0n) is 9.32. The predicted molar refractivity (Wildman–Crippen MR) is 54.6 cm³/mol. The van der Waals surface area contributed by atoms with Crippen molar-refractivity contribution in [1.82, 2.24) is 5.32 Å². The molecule has 0 aromatic heterocycles. The van der Waals surface area contributed by atoms with Gasteiger partial charge in [0.15, 0.2) is 9.84 Å². The molecule has 0 aliphatic carbocycles. The summed E-state index contributed by atoms with van der Waals surface area (Å²) in [6.45, 7) is -0.560. The van der Waals surface area contributed by atoms with Crippen LogP contribution in [0.3, 0.4) is 0 Å². The average Bonchev–Trinajstić information content (AvgIpc) is 2.11. The third-order valence-corrected chi connectivity index (χ3v) is 3.95. The number of rotatable bonds is 6. The number of sulfone groups is 1. The Balaban J connectivity index is 4.41. The highest BCUT2D eigenvalue weighted by atomic mass is 32.2. The molecule has 0 rings (SSSR count). The van der Waals surface area contributed by atoms with Gasteiger partial charge in [-0.15, -0.1) is 0 Å². The van der Waals surface area contributed by atoms with Gasteiger partial charge in [0.1, 0.15) is 12.3 Å². The SMILES string of the molecule is CC(CC(=O)O)S(=O)(=O)CC(=O)NCC(F)(F)F. The summed E-state index contributed by atoms with van der Waals surface area (Å²) in [5.74, 6) is -3.86. The topological polar surface area (TPSA) is 101 Å². The van der Waals surface area contributed by atoms with E-state index in [0.29, 0.717) is 0 Å². The Morgan fingerprint density at radius 1 is 1.33 bits per heavy atom. The molecule has 0 bridgehead atoms. The molecule has 1 atom stereocenters. The van der Waals surface area contributed by atoms with E-state index >= 15 is 0 Å². The van der Waals surface area contributed by atoms with Crippen molar-refractivity contribution in [2.75, 3.05) is 12.3 Å². The minimum Gasteiger partial charge on any atom is -0.481 e. The monoisotopic (exact) mass is 291 g/mol. The van der Waals surface area contributed by atoms with Gasteiger partial charge in [-0.1, -0.05) is 0 Å². The number of carboxylic acid groups (broad SMARTS) is 1. The summed E-state index contributed by atoms with van der Waals surface area (Å²) >= 11 is 0. The lowest BCUT2D eigenvalue weighted by molar-refractivity contribution is -0.137. The van der Waals surface area contributed by atoms with Crippen LogP contribution in [0.5, 0.6) is 0 Å². The van der Waals surface area contributed by atoms with Crippen molar-refractivity contribution in [2.24, 2.45) is 0 Å². The molecule has 2 N–H and O–H groups in total. The van der Waals surface area contributed by atoms with Gasteiger partial charge in [0.25, 0.3) is 0 Å². The fourth-order valence-corrected chi connectivity index (χ4v) is 2.10. The van der Waals surface area contributed by atoms with Crippen molar-refractivity contribution in [3.63, 3.8) is 0 Å². The van der Waals surface area contributed by atoms with Crippen LogP contribution in [-0.4, -0.2) is 49.1 Å². The smallest absolute Gasteiger partial charge is 0.405 e. The van der Waals surface area contributed by atoms with Gasteiger partial charge in [-0.05, 0) is 6.92 Å². The maximum atomic E-state index is 11.7. The van der Waals surface area contributed by atoms with Gasteiger partial charge < -0.3 is 10.4 Å². The van der Waals surface area contributed by atoms with Crippen molar-refractivity contribution < 1.29 is 36.3 Å². The second-order valence-electron chi connectivity index (χ2n) is 3.61. The summed E-state index contributed by atoms with van der Waals surface area (Å²) in [6.07, 6.45) is -5.35. The Morgan fingerprint density at radius 2 is 1.83 bits per heavy atom. The van der Waals surface area contributed by atoms with Crippen molar-refractivity contribution >= 4 is 21.7 Å². The maximum Gasteiger partial charge on any atom is 0.405 e. The largest absolute Gasteiger partial charge is 0.481 e. The number of hydrogen-bond acceptors (Lipinski definition) is 4. The Hall–Kier alpha value is -1.32. The van der Waals surface area contributed by atoms with Crippen LogP contribution in [0.1, 0.15) is 13.3 Å². The third-order valence-electron chi connectivity index (χ3n) is 1.89. The zero-order chi connectivity index (χ0) is 14.6. The lowest BCUT2D eigenvalue weighted by atomic mass is 10.3. The lowest BCUT2D eigenvalue weighted by Crippen LogP contribution is -2.39. The van der Waals surface area contributed by atoms with E-state index in [9.17, 15) is 31.2 Å². The first kappa shape index (κ1) is 16.7. The molecule has 0 aliphatic heterocycles. The molecule has 0 fully saturated rings. The summed E-state index contributed by atoms with van der Waals surface area (Å²) < 4.78 is 58.0. The first-order valence-corrected chi connectivity index (χ1v) is 6.42. The van der Waals surface area contributed by atoms with E-state index in [1.807, 2.05) is 0 Å². The predicted octanol–water partition coefficient (Wildman–Crippen LogP) is -0.0571. The standard InChI is InChI=1S/C8H12F3NO5S/c1-5(2-7(14)15)18(16,17)3-6(13)12-4-8(9,10)11/h5H,2-4H2,1H3,(H,12,13)(H,14,15). The molecular weight excluding hydrogens is 279 g/mol. The van der Waals surface area contributed by atoms with Gasteiger partial charge in [-0.25, -0.2) is 8.42 Å². The van der Waals surface area contributed by atoms with Crippen LogP contribution in [0.15, 0.2) is 0 Å². The van der Waals surface area contributed by atoms with Crippen LogP contribution in [0.4, 0.5) is 13.2 Å². The van der Waals surface area contributed by atoms with Gasteiger partial charge in [-0.3, -0.25) is 9.59 Å². The Kier molecular flexibility index (Phi) is 5.58. The van der Waals surface area contributed by atoms with Gasteiger partial charge in [0.2, 0.25) is 5.91 Å². The number of hydrogen-bond donors (Lipinski definition) is 2. The first-order valence-electron chi connectivity index (χ1n) is 4.71. The van der Waals surface area contributed by atoms with Crippen LogP contribution in [-0.2, 0) is 19.4 Å². The van der Waals surface area contributed by atoms with E-state index in [0.717, 1.165) is 6.92 Å². The second kappa shape index (κ2) is 6.03. The van der Waals surface area contributed by atoms with Crippen LogP contribution in [0, 0.1) is 0 Å². The highest BCUT2D eigenvalue weighted by Crippen LogP contribution is 2.12. The Morgan fingerprint density at radius 3 is 2.22 bits per heavy atom. The third kappa shape index (κ3) is 7.09. The first-order chi connectivity index (χ1) is 7.94. The molecule has 1 unspecified atom stereocenters. The van der Waals surface area contributed by atoms with Crippen LogP contribution in [0.2, 0.25) is 0 Å². The van der Waals surface area contributed by atoms with Crippen LogP contribution < -0.4 is 5.32 Å². The summed E-state index contributed by atoms with van der Waals surface area (Å²) in [4.78, 5) is 21.2. The molecule has 0 saturated heterocycles. The van der Waals surface area contributed by atoms with Crippen molar-refractivity contribution in [1.29, 1.82) is 0 Å². The zero-order valence-corrected chi connectivity index (χ0v) is 10.1. The molecular formula is C8H12F3NO5S. The van der Waals surface area contributed by atoms with E-state index < -0.39 is 51.9 Å². The fraction of sp³-hybridized carbons (Fsp3) is 0.750. The van der Waals surface area contributed by atoms with E-state index in [-0.39, 0.29) is 0 Å². The van der Waals surface area contributed by atoms with E-state index in [2.05, 4.69) is 0 Å². The average molecular weight is 291 g/mol. The molecule has 18 heavy (non-hydrogen) atoms. The highest BCUT2D eigenvalue weighted by Gasteiger charge is 2.30. The lowest BCUT2D eigenvalue weighted by Gasteiger charge is -2.11. The van der Waals surface area contributed by atoms with Gasteiger partial charge >= 0.3 is 12.1 Å². The quantitative estimate of drug-likeness (QED) is 0.714. The van der Waals surface area contributed by atoms with Crippen molar-refractivity contribution in [3.8, 4) is 0 Å². The number of aliphatic carboxylic acids is 1. The van der Waals surface area contributed by atoms with Gasteiger partial charge in [-0.2, -0.15) is 13.2 Å². The summed E-state index contributed by atoms with van der Waals surface area (Å²) in [6, 6.07) is 0. The van der Waals surface area contributed by atoms with E-state index in [4.69, 9.17) is 5.11 Å². The molecule has 10 heteroatoms. The minimum atomic E-state index is -4.63. The number of carboxylic acids is 1. The van der Waals surface area contributed by atoms with Crippen LogP contribution >= 0.6 is 0 Å². The van der Waals surface area contributed by atoms with Gasteiger partial charge in [0.05, 0.1) is 11.7 Å². The maximum absolute atomic E-state index is 11.7. The van der Waals surface area contributed by atoms with E-state index in [1.54, 1.807) is 0 Å². The molecule has 0 spiro atoms. The number of carbonyl (C=O) groups is 2. The number of carbonyl (C=O) groups excluding carboxylic acids is 1. The minimum absolute atomic E-state index is 0.713. The molecule has 6 nitrogen and oxygen atoms in total. The summed E-state index contributed by atoms with van der Waals surface area (Å²) in [5.41, 5.74) is 0. The number of halogens is 3. The fourth-order valence-electron chi connectivity index (χ4n) is 0.948. The number of amides is 1. The summed E-state index contributed by atoms with van der Waals surface area (Å²) in [7, 11) is -4.08. The Bertz CT molecular complexity index is 417. The molecule has 0 heterocycles. The second-order valence-corrected chi connectivity index (χ2v) is 6.03. The summed E-state index contributed by atoms with van der Waals surface area (Å²) in [5, 5.41) is 8.43. The molecule has 0 aliphatic rings.